The van der Waals surface area contributed by atoms with E-state index >= 15 is 0 Å². The van der Waals surface area contributed by atoms with Gasteiger partial charge in [0.1, 0.15) is 12.4 Å². The quantitative estimate of drug-likeness (QED) is 0.644. The standard InChI is InChI=1S/C22H29FN2O2S/c1-15(2)22(27)25(16(3)4)14-21(26)24(13-20-17(5)10-11-28-20)12-18-6-8-19(23)9-7-18/h6-11,15-16H,12-14H2,1-5H3. The number of halogens is 1. The van der Waals surface area contributed by atoms with Crippen LogP contribution in [0, 0.1) is 18.7 Å². The fraction of sp³-hybridized carbons (Fsp3) is 0.455. The smallest absolute Gasteiger partial charge is 0.242 e. The molecule has 1 aromatic heterocycles. The minimum Gasteiger partial charge on any atom is -0.332 e. The van der Waals surface area contributed by atoms with Gasteiger partial charge in [0.05, 0.1) is 6.54 Å². The first-order valence-corrected chi connectivity index (χ1v) is 10.4. The van der Waals surface area contributed by atoms with Gasteiger partial charge in [-0.1, -0.05) is 26.0 Å². The SMILES string of the molecule is Cc1ccsc1CN(Cc1ccc(F)cc1)C(=O)CN(C(=O)C(C)C)C(C)C. The van der Waals surface area contributed by atoms with Gasteiger partial charge in [-0.05, 0) is 55.5 Å². The zero-order chi connectivity index (χ0) is 20.8. The average Bonchev–Trinajstić information content (AvgIpc) is 3.04. The Hall–Kier alpha value is -2.21. The van der Waals surface area contributed by atoms with Crippen molar-refractivity contribution in [1.29, 1.82) is 0 Å². The van der Waals surface area contributed by atoms with E-state index in [0.29, 0.717) is 13.1 Å². The van der Waals surface area contributed by atoms with Crippen molar-refractivity contribution in [3.63, 3.8) is 0 Å². The maximum absolute atomic E-state index is 13.2. The number of amides is 2. The highest BCUT2D eigenvalue weighted by molar-refractivity contribution is 7.10. The van der Waals surface area contributed by atoms with Crippen molar-refractivity contribution < 1.29 is 14.0 Å². The third-order valence-electron chi connectivity index (χ3n) is 4.65. The molecule has 2 rings (SSSR count). The van der Waals surface area contributed by atoms with Gasteiger partial charge in [0.2, 0.25) is 11.8 Å². The summed E-state index contributed by atoms with van der Waals surface area (Å²) in [5, 5.41) is 2.01. The summed E-state index contributed by atoms with van der Waals surface area (Å²) in [6.45, 7) is 10.4. The molecule has 0 spiro atoms. The van der Waals surface area contributed by atoms with Gasteiger partial charge in [-0.3, -0.25) is 9.59 Å². The van der Waals surface area contributed by atoms with Gasteiger partial charge in [-0.2, -0.15) is 0 Å². The Kier molecular flexibility index (Phi) is 7.75. The highest BCUT2D eigenvalue weighted by Crippen LogP contribution is 2.20. The van der Waals surface area contributed by atoms with Crippen LogP contribution in [0.15, 0.2) is 35.7 Å². The molecule has 6 heteroatoms. The predicted molar refractivity (Wildman–Crippen MR) is 111 cm³/mol. The molecule has 0 fully saturated rings. The number of benzene rings is 1. The van der Waals surface area contributed by atoms with Crippen LogP contribution in [-0.2, 0) is 22.7 Å². The second kappa shape index (κ2) is 9.82. The fourth-order valence-electron chi connectivity index (χ4n) is 2.87. The van der Waals surface area contributed by atoms with Crippen molar-refractivity contribution >= 4 is 23.2 Å². The molecule has 2 aromatic rings. The number of carbonyl (C=O) groups is 2. The molecule has 0 unspecified atom stereocenters. The Bertz CT molecular complexity index is 799. The molecule has 2 amide bonds. The summed E-state index contributed by atoms with van der Waals surface area (Å²) in [6, 6.07) is 8.15. The first-order valence-electron chi connectivity index (χ1n) is 9.54. The third-order valence-corrected chi connectivity index (χ3v) is 5.66. The minimum atomic E-state index is -0.302. The first-order chi connectivity index (χ1) is 13.2. The van der Waals surface area contributed by atoms with Crippen molar-refractivity contribution in [1.82, 2.24) is 9.80 Å². The van der Waals surface area contributed by atoms with Crippen LogP contribution in [0.5, 0.6) is 0 Å². The van der Waals surface area contributed by atoms with E-state index in [1.807, 2.05) is 46.1 Å². The summed E-state index contributed by atoms with van der Waals surface area (Å²) in [7, 11) is 0. The third kappa shape index (κ3) is 5.89. The normalized spacial score (nSPS) is 11.1. The molecule has 4 nitrogen and oxygen atoms in total. The molecular formula is C22H29FN2O2S. The molecule has 152 valence electrons. The summed E-state index contributed by atoms with van der Waals surface area (Å²) in [5.74, 6) is -0.609. The van der Waals surface area contributed by atoms with Crippen molar-refractivity contribution in [2.45, 2.75) is 53.8 Å². The Morgan fingerprint density at radius 3 is 2.18 bits per heavy atom. The van der Waals surface area contributed by atoms with Crippen molar-refractivity contribution in [3.8, 4) is 0 Å². The van der Waals surface area contributed by atoms with E-state index in [4.69, 9.17) is 0 Å². The highest BCUT2D eigenvalue weighted by Gasteiger charge is 2.25. The van der Waals surface area contributed by atoms with Gasteiger partial charge in [-0.25, -0.2) is 4.39 Å². The fourth-order valence-corrected chi connectivity index (χ4v) is 3.79. The molecule has 0 N–H and O–H groups in total. The number of thiophene rings is 1. The van der Waals surface area contributed by atoms with E-state index in [0.717, 1.165) is 16.0 Å². The number of aryl methyl sites for hydroxylation is 1. The second-order valence-electron chi connectivity index (χ2n) is 7.62. The van der Waals surface area contributed by atoms with Crippen LogP contribution in [-0.4, -0.2) is 34.2 Å². The molecule has 0 aliphatic carbocycles. The average molecular weight is 405 g/mol. The topological polar surface area (TPSA) is 40.6 Å². The number of nitrogens with zero attached hydrogens (tertiary/aromatic N) is 2. The van der Waals surface area contributed by atoms with Crippen molar-refractivity contribution in [3.05, 3.63) is 57.5 Å². The maximum atomic E-state index is 13.2. The lowest BCUT2D eigenvalue weighted by Gasteiger charge is -2.31. The van der Waals surface area contributed by atoms with Crippen LogP contribution in [0.3, 0.4) is 0 Å². The van der Waals surface area contributed by atoms with Gasteiger partial charge >= 0.3 is 0 Å². The highest BCUT2D eigenvalue weighted by atomic mass is 32.1. The van der Waals surface area contributed by atoms with Gasteiger partial charge in [0.25, 0.3) is 0 Å². The Balaban J connectivity index is 2.23. The zero-order valence-corrected chi connectivity index (χ0v) is 18.1. The molecule has 0 aliphatic rings. The molecule has 0 saturated carbocycles. The molecule has 0 aliphatic heterocycles. The Labute approximate surface area is 171 Å². The van der Waals surface area contributed by atoms with Crippen LogP contribution in [0.1, 0.15) is 43.7 Å². The van der Waals surface area contributed by atoms with Crippen molar-refractivity contribution in [2.24, 2.45) is 5.92 Å². The molecule has 1 aromatic carbocycles. The van der Waals surface area contributed by atoms with Crippen LogP contribution >= 0.6 is 11.3 Å². The maximum Gasteiger partial charge on any atom is 0.242 e. The molecular weight excluding hydrogens is 375 g/mol. The summed E-state index contributed by atoms with van der Waals surface area (Å²) in [5.41, 5.74) is 2.00. The molecule has 0 atom stereocenters. The van der Waals surface area contributed by atoms with Crippen molar-refractivity contribution in [2.75, 3.05) is 6.54 Å². The summed E-state index contributed by atoms with van der Waals surface area (Å²) in [4.78, 5) is 30.2. The monoisotopic (exact) mass is 404 g/mol. The lowest BCUT2D eigenvalue weighted by molar-refractivity contribution is -0.144. The van der Waals surface area contributed by atoms with Gasteiger partial charge in [0, 0.05) is 23.4 Å². The molecule has 28 heavy (non-hydrogen) atoms. The second-order valence-corrected chi connectivity index (χ2v) is 8.62. The summed E-state index contributed by atoms with van der Waals surface area (Å²) >= 11 is 1.61. The van der Waals surface area contributed by atoms with E-state index in [9.17, 15) is 14.0 Å². The molecule has 0 saturated heterocycles. The number of rotatable bonds is 8. The number of hydrogen-bond donors (Lipinski definition) is 0. The van der Waals surface area contributed by atoms with Crippen LogP contribution in [0.25, 0.3) is 0 Å². The van der Waals surface area contributed by atoms with Gasteiger partial charge in [0.15, 0.2) is 0 Å². The van der Waals surface area contributed by atoms with E-state index in [2.05, 4.69) is 0 Å². The van der Waals surface area contributed by atoms with E-state index < -0.39 is 0 Å². The molecule has 0 bridgehead atoms. The van der Waals surface area contributed by atoms with Crippen LogP contribution in [0.2, 0.25) is 0 Å². The molecule has 0 radical (unpaired) electrons. The summed E-state index contributed by atoms with van der Waals surface area (Å²) in [6.07, 6.45) is 0. The van der Waals surface area contributed by atoms with Gasteiger partial charge in [-0.15, -0.1) is 11.3 Å². The Morgan fingerprint density at radius 2 is 1.68 bits per heavy atom. The number of carbonyl (C=O) groups excluding carboxylic acids is 2. The molecule has 1 heterocycles. The minimum absolute atomic E-state index is 0.0302. The van der Waals surface area contributed by atoms with Crippen LogP contribution < -0.4 is 0 Å². The van der Waals surface area contributed by atoms with E-state index in [-0.39, 0.29) is 36.1 Å². The zero-order valence-electron chi connectivity index (χ0n) is 17.2. The van der Waals surface area contributed by atoms with E-state index in [1.165, 1.54) is 12.1 Å². The predicted octanol–water partition coefficient (Wildman–Crippen LogP) is 4.62. The summed E-state index contributed by atoms with van der Waals surface area (Å²) < 4.78 is 13.2. The lowest BCUT2D eigenvalue weighted by atomic mass is 10.1. The first kappa shape index (κ1) is 22.1. The van der Waals surface area contributed by atoms with E-state index in [1.54, 1.807) is 33.3 Å². The van der Waals surface area contributed by atoms with Gasteiger partial charge < -0.3 is 9.80 Å². The Morgan fingerprint density at radius 1 is 1.04 bits per heavy atom. The number of hydrogen-bond acceptors (Lipinski definition) is 3. The lowest BCUT2D eigenvalue weighted by Crippen LogP contribution is -2.46. The van der Waals surface area contributed by atoms with Crippen LogP contribution in [0.4, 0.5) is 4.39 Å². The largest absolute Gasteiger partial charge is 0.332 e.